The van der Waals surface area contributed by atoms with Crippen LogP contribution >= 0.6 is 0 Å². The zero-order valence-corrected chi connectivity index (χ0v) is 18.7. The van der Waals surface area contributed by atoms with Gasteiger partial charge in [-0.05, 0) is 14.1 Å². The van der Waals surface area contributed by atoms with Gasteiger partial charge in [-0.25, -0.2) is 0 Å². The average Bonchev–Trinajstić information content (AvgIpc) is 2.52. The van der Waals surface area contributed by atoms with Gasteiger partial charge in [0, 0.05) is 13.1 Å². The molecule has 0 saturated carbocycles. The van der Waals surface area contributed by atoms with E-state index in [1.54, 1.807) is 16.7 Å². The third-order valence-corrected chi connectivity index (χ3v) is 11.5. The molecule has 0 saturated heterocycles. The molecule has 0 bridgehead atoms. The van der Waals surface area contributed by atoms with Gasteiger partial charge in [0.2, 0.25) is 0 Å². The molecule has 0 amide bonds. The molecule has 0 spiro atoms. The number of allylic oxidation sites excluding steroid dienone is 4. The van der Waals surface area contributed by atoms with Crippen molar-refractivity contribution in [3.8, 4) is 0 Å². The van der Waals surface area contributed by atoms with Crippen molar-refractivity contribution in [3.63, 3.8) is 0 Å². The minimum Gasteiger partial charge on any atom is -0.329 e. The predicted molar refractivity (Wildman–Crippen MR) is 97.7 cm³/mol. The predicted octanol–water partition coefficient (Wildman–Crippen LogP) is 4.08. The molecule has 4 heteroatoms. The Hall–Kier alpha value is 0.331. The van der Waals surface area contributed by atoms with E-state index in [9.17, 15) is 0 Å². The molecule has 1 atom stereocenters. The van der Waals surface area contributed by atoms with Gasteiger partial charge in [-0.3, -0.25) is 0 Å². The summed E-state index contributed by atoms with van der Waals surface area (Å²) >= 11 is -0.938. The first-order valence-corrected chi connectivity index (χ1v) is 14.9. The van der Waals surface area contributed by atoms with E-state index in [4.69, 9.17) is 5.73 Å². The van der Waals surface area contributed by atoms with Crippen molar-refractivity contribution in [2.24, 2.45) is 5.73 Å². The quantitative estimate of drug-likeness (QED) is 0.778. The zero-order chi connectivity index (χ0) is 17.0. The van der Waals surface area contributed by atoms with Crippen LogP contribution in [0.25, 0.3) is 0 Å². The van der Waals surface area contributed by atoms with Gasteiger partial charge >= 0.3 is 104 Å². The molecule has 0 fully saturated rings. The Morgan fingerprint density at radius 2 is 1.57 bits per heavy atom. The molecule has 0 radical (unpaired) electrons. The molecular formula is C17H37N2SiTi. The van der Waals surface area contributed by atoms with Crippen molar-refractivity contribution in [1.29, 1.82) is 0 Å². The maximum Gasteiger partial charge on any atom is 0.00985 e. The third-order valence-electron chi connectivity index (χ3n) is 5.03. The van der Waals surface area contributed by atoms with Crippen molar-refractivity contribution in [1.82, 2.24) is 4.90 Å². The van der Waals surface area contributed by atoms with Crippen molar-refractivity contribution in [3.05, 3.63) is 20.6 Å². The molecule has 2 nitrogen and oxygen atoms in total. The van der Waals surface area contributed by atoms with E-state index in [1.165, 1.54) is 0 Å². The third kappa shape index (κ3) is 4.90. The molecule has 0 aromatic carbocycles. The average molecular weight is 345 g/mol. The van der Waals surface area contributed by atoms with Crippen LogP contribution in [-0.4, -0.2) is 40.9 Å². The van der Waals surface area contributed by atoms with Crippen molar-refractivity contribution in [2.75, 3.05) is 27.2 Å². The molecule has 1 aliphatic rings. The van der Waals surface area contributed by atoms with E-state index in [-0.39, 0.29) is 0 Å². The van der Waals surface area contributed by atoms with Gasteiger partial charge in [-0.15, -0.1) is 0 Å². The molecule has 21 heavy (non-hydrogen) atoms. The van der Waals surface area contributed by atoms with Gasteiger partial charge in [-0.2, -0.15) is 0 Å². The summed E-state index contributed by atoms with van der Waals surface area (Å²) in [6.07, 6.45) is 0. The molecule has 1 aliphatic carbocycles. The number of hydrogen-bond acceptors (Lipinski definition) is 2. The second-order valence-electron chi connectivity index (χ2n) is 7.20. The van der Waals surface area contributed by atoms with Crippen LogP contribution < -0.4 is 5.73 Å². The van der Waals surface area contributed by atoms with Gasteiger partial charge in [0.25, 0.3) is 0 Å². The summed E-state index contributed by atoms with van der Waals surface area (Å²) in [5.74, 6) is 0. The SMILES string of the molecule is CC1=C(C)C(C)([SiH](C)C)[C]([Ti]([CH3])[CH3])=C1C.CN(C)CCN. The number of rotatable bonds is 4. The first-order chi connectivity index (χ1) is 9.51. The van der Waals surface area contributed by atoms with Gasteiger partial charge in [-0.1, -0.05) is 0 Å². The smallest absolute Gasteiger partial charge is 0.00985 e. The van der Waals surface area contributed by atoms with E-state index >= 15 is 0 Å². The van der Waals surface area contributed by atoms with E-state index in [1.807, 2.05) is 18.0 Å². The summed E-state index contributed by atoms with van der Waals surface area (Å²) < 4.78 is 1.89. The van der Waals surface area contributed by atoms with Gasteiger partial charge in [0.05, 0.1) is 0 Å². The zero-order valence-electron chi connectivity index (χ0n) is 16.0. The van der Waals surface area contributed by atoms with E-state index < -0.39 is 26.7 Å². The monoisotopic (exact) mass is 345 g/mol. The molecule has 123 valence electrons. The molecule has 1 unspecified atom stereocenters. The Morgan fingerprint density at radius 1 is 1.10 bits per heavy atom. The maximum atomic E-state index is 5.19. The summed E-state index contributed by atoms with van der Waals surface area (Å²) in [6, 6.07) is 0. The fourth-order valence-corrected chi connectivity index (χ4v) is 11.1. The minimum absolute atomic E-state index is 0.507. The van der Waals surface area contributed by atoms with Gasteiger partial charge < -0.3 is 10.6 Å². The first kappa shape index (κ1) is 21.3. The van der Waals surface area contributed by atoms with Crippen LogP contribution in [0.4, 0.5) is 0 Å². The van der Waals surface area contributed by atoms with Crippen molar-refractivity contribution < 1.29 is 17.9 Å². The Bertz CT molecular complexity index is 411. The first-order valence-electron chi connectivity index (χ1n) is 8.06. The molecule has 0 aliphatic heterocycles. The van der Waals surface area contributed by atoms with Crippen LogP contribution in [0.5, 0.6) is 0 Å². The van der Waals surface area contributed by atoms with E-state index in [0.29, 0.717) is 5.04 Å². The van der Waals surface area contributed by atoms with Crippen LogP contribution in [0.2, 0.25) is 28.6 Å². The molecular weight excluding hydrogens is 308 g/mol. The normalized spacial score (nSPS) is 22.1. The summed E-state index contributed by atoms with van der Waals surface area (Å²) in [5, 5.41) is 5.53. The Labute approximate surface area is 141 Å². The van der Waals surface area contributed by atoms with Crippen LogP contribution in [0.15, 0.2) is 20.6 Å². The number of nitrogens with zero attached hydrogens (tertiary/aromatic N) is 1. The standard InChI is InChI=1S/C11H19Si.C4H12N2.2CH3.Ti/c1-8-7-11(4,12(5)6)10(3)9(8)2;1-6(2)4-3-5;;;/h12H,1-6H3;3-5H2,1-2H3;2*1H3;. The Kier molecular flexibility index (Phi) is 8.97. The van der Waals surface area contributed by atoms with Crippen molar-refractivity contribution in [2.45, 2.75) is 56.3 Å². The van der Waals surface area contributed by atoms with Crippen LogP contribution in [0, 0.1) is 0 Å². The Balaban J connectivity index is 0.000000567. The second kappa shape index (κ2) is 8.83. The van der Waals surface area contributed by atoms with Crippen molar-refractivity contribution >= 4 is 8.80 Å². The largest absolute Gasteiger partial charge is 0.329 e. The number of likely N-dealkylation sites (N-methyl/N-ethyl adjacent to an activating group) is 1. The van der Waals surface area contributed by atoms with Crippen LogP contribution in [-0.2, 0) is 17.9 Å². The van der Waals surface area contributed by atoms with Gasteiger partial charge in [0.1, 0.15) is 0 Å². The number of hydrogen-bond donors (Lipinski definition) is 1. The van der Waals surface area contributed by atoms with E-state index in [2.05, 4.69) is 56.1 Å². The minimum atomic E-state index is -0.938. The molecule has 2 N–H and O–H groups in total. The maximum absolute atomic E-state index is 5.19. The fraction of sp³-hybridized carbons (Fsp3) is 0.765. The van der Waals surface area contributed by atoms with Crippen LogP contribution in [0.1, 0.15) is 27.7 Å². The summed E-state index contributed by atoms with van der Waals surface area (Å²) in [7, 11) is 3.35. The van der Waals surface area contributed by atoms with E-state index in [0.717, 1.165) is 13.1 Å². The second-order valence-corrected chi connectivity index (χ2v) is 14.6. The topological polar surface area (TPSA) is 29.3 Å². The fourth-order valence-electron chi connectivity index (χ4n) is 3.31. The molecule has 0 aromatic heterocycles. The molecule has 0 aromatic rings. The summed E-state index contributed by atoms with van der Waals surface area (Å²) in [6.45, 7) is 16.3. The van der Waals surface area contributed by atoms with Crippen LogP contribution in [0.3, 0.4) is 0 Å². The number of nitrogens with two attached hydrogens (primary N) is 1. The van der Waals surface area contributed by atoms with Gasteiger partial charge in [0.15, 0.2) is 0 Å². The molecule has 1 rings (SSSR count). The molecule has 0 heterocycles. The summed E-state index contributed by atoms with van der Waals surface area (Å²) in [5.41, 5.74) is 10.1. The Morgan fingerprint density at radius 3 is 1.76 bits per heavy atom. The summed E-state index contributed by atoms with van der Waals surface area (Å²) in [4.78, 5) is 2.06.